The molecular formula is C10H20FNO2. The van der Waals surface area contributed by atoms with Gasteiger partial charge in [0.15, 0.2) is 0 Å². The van der Waals surface area contributed by atoms with E-state index in [-0.39, 0.29) is 24.9 Å². The van der Waals surface area contributed by atoms with E-state index in [9.17, 15) is 9.18 Å². The van der Waals surface area contributed by atoms with Gasteiger partial charge < -0.3 is 10.5 Å². The number of rotatable bonds is 6. The van der Waals surface area contributed by atoms with E-state index in [0.717, 1.165) is 0 Å². The van der Waals surface area contributed by atoms with Gasteiger partial charge in [-0.25, -0.2) is 4.39 Å². The van der Waals surface area contributed by atoms with Gasteiger partial charge in [0.05, 0.1) is 6.61 Å². The van der Waals surface area contributed by atoms with E-state index in [1.807, 2.05) is 0 Å². The van der Waals surface area contributed by atoms with Crippen LogP contribution >= 0.6 is 0 Å². The zero-order chi connectivity index (χ0) is 11.2. The van der Waals surface area contributed by atoms with Crippen molar-refractivity contribution in [2.75, 3.05) is 6.61 Å². The fourth-order valence-corrected chi connectivity index (χ4v) is 1.26. The second kappa shape index (κ2) is 5.96. The molecule has 0 aromatic carbocycles. The maximum Gasteiger partial charge on any atom is 0.305 e. The normalized spacial score (nSPS) is 13.8. The maximum absolute atomic E-state index is 13.1. The summed E-state index contributed by atoms with van der Waals surface area (Å²) < 4.78 is 17.8. The standard InChI is InChI=1S/C10H20FNO2/c1-4-14-9(13)6-5-8(12)7-10(2,3)11/h8H,4-7,12H2,1-3H3. The Kier molecular flexibility index (Phi) is 5.69. The molecule has 0 spiro atoms. The number of halogens is 1. The molecule has 0 bridgehead atoms. The SMILES string of the molecule is CCOC(=O)CCC(N)CC(C)(C)F. The summed E-state index contributed by atoms with van der Waals surface area (Å²) in [5.41, 5.74) is 4.39. The predicted octanol–water partition coefficient (Wildman–Crippen LogP) is 1.80. The number of ether oxygens (including phenoxy) is 1. The van der Waals surface area contributed by atoms with E-state index in [1.54, 1.807) is 6.92 Å². The zero-order valence-corrected chi connectivity index (χ0v) is 9.18. The molecule has 1 atom stereocenters. The summed E-state index contributed by atoms with van der Waals surface area (Å²) in [6, 6.07) is -0.278. The molecule has 4 heteroatoms. The van der Waals surface area contributed by atoms with Crippen LogP contribution in [0.4, 0.5) is 4.39 Å². The molecule has 0 fully saturated rings. The average Bonchev–Trinajstić information content (AvgIpc) is 1.98. The van der Waals surface area contributed by atoms with Gasteiger partial charge in [0.2, 0.25) is 0 Å². The quantitative estimate of drug-likeness (QED) is 0.673. The number of alkyl halides is 1. The molecular weight excluding hydrogens is 185 g/mol. The van der Waals surface area contributed by atoms with Crippen LogP contribution in [0.25, 0.3) is 0 Å². The van der Waals surface area contributed by atoms with Crippen LogP contribution in [0.1, 0.15) is 40.0 Å². The molecule has 0 radical (unpaired) electrons. The topological polar surface area (TPSA) is 52.3 Å². The number of nitrogens with two attached hydrogens (primary N) is 1. The molecule has 84 valence electrons. The third-order valence-electron chi connectivity index (χ3n) is 1.77. The lowest BCUT2D eigenvalue weighted by Crippen LogP contribution is -2.29. The molecule has 0 aliphatic rings. The van der Waals surface area contributed by atoms with Crippen molar-refractivity contribution >= 4 is 5.97 Å². The Balaban J connectivity index is 3.63. The van der Waals surface area contributed by atoms with Crippen molar-refractivity contribution < 1.29 is 13.9 Å². The summed E-state index contributed by atoms with van der Waals surface area (Å²) >= 11 is 0. The number of esters is 1. The van der Waals surface area contributed by atoms with Gasteiger partial charge in [-0.05, 0) is 33.6 Å². The predicted molar refractivity (Wildman–Crippen MR) is 53.6 cm³/mol. The summed E-state index contributed by atoms with van der Waals surface area (Å²) in [6.45, 7) is 5.10. The number of carbonyl (C=O) groups excluding carboxylic acids is 1. The Morgan fingerprint density at radius 1 is 1.57 bits per heavy atom. The first kappa shape index (κ1) is 13.4. The molecule has 2 N–H and O–H groups in total. The summed E-state index contributed by atoms with van der Waals surface area (Å²) in [4.78, 5) is 10.9. The molecule has 0 aliphatic carbocycles. The Bertz CT molecular complexity index is 177. The van der Waals surface area contributed by atoms with Crippen molar-refractivity contribution in [1.82, 2.24) is 0 Å². The highest BCUT2D eigenvalue weighted by Crippen LogP contribution is 2.17. The van der Waals surface area contributed by atoms with Gasteiger partial charge in [0, 0.05) is 12.5 Å². The molecule has 3 nitrogen and oxygen atoms in total. The van der Waals surface area contributed by atoms with Gasteiger partial charge in [-0.2, -0.15) is 0 Å². The van der Waals surface area contributed by atoms with E-state index in [4.69, 9.17) is 10.5 Å². The van der Waals surface area contributed by atoms with Crippen LogP contribution in [-0.2, 0) is 9.53 Å². The van der Waals surface area contributed by atoms with E-state index < -0.39 is 5.67 Å². The van der Waals surface area contributed by atoms with Crippen LogP contribution in [0.5, 0.6) is 0 Å². The summed E-state index contributed by atoms with van der Waals surface area (Å²) in [6.07, 6.45) is 1.02. The van der Waals surface area contributed by atoms with E-state index >= 15 is 0 Å². The highest BCUT2D eigenvalue weighted by atomic mass is 19.1. The summed E-state index contributed by atoms with van der Waals surface area (Å²) in [5, 5.41) is 0. The lowest BCUT2D eigenvalue weighted by Gasteiger charge is -2.19. The molecule has 0 aromatic heterocycles. The van der Waals surface area contributed by atoms with Crippen LogP contribution in [0.2, 0.25) is 0 Å². The minimum Gasteiger partial charge on any atom is -0.466 e. The fourth-order valence-electron chi connectivity index (χ4n) is 1.26. The average molecular weight is 205 g/mol. The summed E-state index contributed by atoms with van der Waals surface area (Å²) in [7, 11) is 0. The van der Waals surface area contributed by atoms with E-state index in [2.05, 4.69) is 0 Å². The van der Waals surface area contributed by atoms with Crippen molar-refractivity contribution in [2.24, 2.45) is 5.73 Å². The van der Waals surface area contributed by atoms with Gasteiger partial charge in [0.25, 0.3) is 0 Å². The monoisotopic (exact) mass is 205 g/mol. The number of hydrogen-bond donors (Lipinski definition) is 1. The minimum atomic E-state index is -1.27. The van der Waals surface area contributed by atoms with E-state index in [1.165, 1.54) is 13.8 Å². The highest BCUT2D eigenvalue weighted by molar-refractivity contribution is 5.69. The van der Waals surface area contributed by atoms with Crippen LogP contribution < -0.4 is 5.73 Å². The first-order valence-corrected chi connectivity index (χ1v) is 4.95. The second-order valence-electron chi connectivity index (χ2n) is 4.03. The smallest absolute Gasteiger partial charge is 0.305 e. The van der Waals surface area contributed by atoms with Gasteiger partial charge in [0.1, 0.15) is 5.67 Å². The second-order valence-corrected chi connectivity index (χ2v) is 4.03. The molecule has 0 aliphatic heterocycles. The number of carbonyl (C=O) groups is 1. The molecule has 0 amide bonds. The third kappa shape index (κ3) is 7.98. The molecule has 0 saturated carbocycles. The van der Waals surface area contributed by atoms with Gasteiger partial charge in [-0.15, -0.1) is 0 Å². The zero-order valence-electron chi connectivity index (χ0n) is 9.18. The van der Waals surface area contributed by atoms with Gasteiger partial charge >= 0.3 is 5.97 Å². The van der Waals surface area contributed by atoms with Gasteiger partial charge in [-0.3, -0.25) is 4.79 Å². The molecule has 14 heavy (non-hydrogen) atoms. The minimum absolute atomic E-state index is 0.264. The lowest BCUT2D eigenvalue weighted by atomic mass is 9.98. The third-order valence-corrected chi connectivity index (χ3v) is 1.77. The van der Waals surface area contributed by atoms with Crippen molar-refractivity contribution in [3.8, 4) is 0 Å². The Morgan fingerprint density at radius 3 is 2.57 bits per heavy atom. The van der Waals surface area contributed by atoms with Crippen LogP contribution in [0, 0.1) is 0 Å². The highest BCUT2D eigenvalue weighted by Gasteiger charge is 2.20. The first-order valence-electron chi connectivity index (χ1n) is 4.95. The van der Waals surface area contributed by atoms with Crippen LogP contribution in [0.3, 0.4) is 0 Å². The van der Waals surface area contributed by atoms with Crippen molar-refractivity contribution in [3.05, 3.63) is 0 Å². The van der Waals surface area contributed by atoms with Crippen molar-refractivity contribution in [1.29, 1.82) is 0 Å². The van der Waals surface area contributed by atoms with Gasteiger partial charge in [-0.1, -0.05) is 0 Å². The molecule has 0 aromatic rings. The van der Waals surface area contributed by atoms with E-state index in [0.29, 0.717) is 13.0 Å². The number of hydrogen-bond acceptors (Lipinski definition) is 3. The Labute approximate surface area is 84.8 Å². The van der Waals surface area contributed by atoms with Crippen LogP contribution in [0.15, 0.2) is 0 Å². The molecule has 0 rings (SSSR count). The summed E-state index contributed by atoms with van der Waals surface area (Å²) in [5.74, 6) is -0.264. The Hall–Kier alpha value is -0.640. The van der Waals surface area contributed by atoms with Crippen molar-refractivity contribution in [3.63, 3.8) is 0 Å². The molecule has 1 unspecified atom stereocenters. The Morgan fingerprint density at radius 2 is 2.14 bits per heavy atom. The molecule has 0 heterocycles. The first-order chi connectivity index (χ1) is 6.35. The maximum atomic E-state index is 13.1. The largest absolute Gasteiger partial charge is 0.466 e. The lowest BCUT2D eigenvalue weighted by molar-refractivity contribution is -0.143. The van der Waals surface area contributed by atoms with Crippen LogP contribution in [-0.4, -0.2) is 24.3 Å². The van der Waals surface area contributed by atoms with Crippen molar-refractivity contribution in [2.45, 2.75) is 51.7 Å². The fraction of sp³-hybridized carbons (Fsp3) is 0.900. The molecule has 0 saturated heterocycles.